The van der Waals surface area contributed by atoms with Gasteiger partial charge in [-0.2, -0.15) is 0 Å². The molecule has 0 aromatic rings. The Labute approximate surface area is 164 Å². The van der Waals surface area contributed by atoms with E-state index in [2.05, 4.69) is 0 Å². The lowest BCUT2D eigenvalue weighted by Gasteiger charge is -2.62. The van der Waals surface area contributed by atoms with Gasteiger partial charge in [0.2, 0.25) is 0 Å². The number of hydrogen-bond donors (Lipinski definition) is 3. The quantitative estimate of drug-likeness (QED) is 0.667. The monoisotopic (exact) mass is 392 g/mol. The molecule has 0 aromatic carbocycles. The molecule has 0 radical (unpaired) electrons. The Balaban J connectivity index is 1.84. The molecule has 5 nitrogen and oxygen atoms in total. The van der Waals surface area contributed by atoms with Crippen LogP contribution >= 0.6 is 0 Å². The van der Waals surface area contributed by atoms with E-state index in [9.17, 15) is 24.9 Å². The summed E-state index contributed by atoms with van der Waals surface area (Å²) in [7, 11) is 0. The minimum atomic E-state index is -1.98. The van der Waals surface area contributed by atoms with Crippen LogP contribution in [0.2, 0.25) is 0 Å². The fraction of sp³-hybridized carbons (Fsp3) is 0.727. The average Bonchev–Trinajstić information content (AvgIpc) is 2.84. The number of alkyl halides is 1. The second-order valence-electron chi connectivity index (χ2n) is 9.75. The van der Waals surface area contributed by atoms with E-state index in [1.165, 1.54) is 12.2 Å². The molecule has 154 valence electrons. The molecule has 0 heterocycles. The molecule has 4 rings (SSSR count). The zero-order valence-electron chi connectivity index (χ0n) is 16.6. The van der Waals surface area contributed by atoms with Crippen LogP contribution in [0.4, 0.5) is 4.39 Å². The highest BCUT2D eigenvalue weighted by Gasteiger charge is 2.75. The van der Waals surface area contributed by atoms with Crippen LogP contribution in [0.15, 0.2) is 23.8 Å². The summed E-state index contributed by atoms with van der Waals surface area (Å²) in [6.07, 6.45) is 4.44. The van der Waals surface area contributed by atoms with Gasteiger partial charge in [-0.25, -0.2) is 4.39 Å². The highest BCUT2D eigenvalue weighted by atomic mass is 19.1. The van der Waals surface area contributed by atoms with Gasteiger partial charge in [0.25, 0.3) is 0 Å². The number of allylic oxidation sites excluding steroid dienone is 4. The molecule has 0 unspecified atom stereocenters. The third-order valence-electron chi connectivity index (χ3n) is 8.79. The topological polar surface area (TPSA) is 94.8 Å². The molecule has 8 atom stereocenters. The van der Waals surface area contributed by atoms with Crippen molar-refractivity contribution in [3.05, 3.63) is 23.8 Å². The maximum atomic E-state index is 16.9. The standard InChI is InChI=1S/C22H29FO5/c1-12-8-16-15-5-4-13-9-14(25)6-7-19(13,2)21(15,23)17(26)10-20(16,3)22(12,28)18(27)11-24/h6-7,9,12,15-17,24,26,28H,4-5,8,10-11H2,1-3H3/t12-,15+,16+,17-,19+,20+,21-,22-/m1/s1. The van der Waals surface area contributed by atoms with Crippen molar-refractivity contribution in [2.45, 2.75) is 63.8 Å². The van der Waals surface area contributed by atoms with E-state index in [1.54, 1.807) is 26.8 Å². The van der Waals surface area contributed by atoms with Crippen LogP contribution in [-0.2, 0) is 9.59 Å². The van der Waals surface area contributed by atoms with Crippen molar-refractivity contribution in [2.24, 2.45) is 28.6 Å². The minimum Gasteiger partial charge on any atom is -0.390 e. The number of Topliss-reactive ketones (excluding diaryl/α,β-unsaturated/α-hetero) is 1. The summed E-state index contributed by atoms with van der Waals surface area (Å²) < 4.78 is 16.9. The van der Waals surface area contributed by atoms with Crippen molar-refractivity contribution in [3.8, 4) is 0 Å². The molecule has 4 aliphatic rings. The zero-order chi connectivity index (χ0) is 20.7. The molecule has 3 N–H and O–H groups in total. The molecule has 6 heteroatoms. The molecule has 0 amide bonds. The highest BCUT2D eigenvalue weighted by Crippen LogP contribution is 2.70. The van der Waals surface area contributed by atoms with E-state index >= 15 is 4.39 Å². The normalized spacial score (nSPS) is 52.5. The highest BCUT2D eigenvalue weighted by molar-refractivity contribution is 6.01. The first-order valence-electron chi connectivity index (χ1n) is 10.1. The van der Waals surface area contributed by atoms with Crippen molar-refractivity contribution in [1.29, 1.82) is 0 Å². The Morgan fingerprint density at radius 1 is 1.32 bits per heavy atom. The van der Waals surface area contributed by atoms with Crippen molar-refractivity contribution in [3.63, 3.8) is 0 Å². The van der Waals surface area contributed by atoms with Gasteiger partial charge in [-0.3, -0.25) is 9.59 Å². The van der Waals surface area contributed by atoms with Crippen molar-refractivity contribution in [2.75, 3.05) is 6.61 Å². The number of halogens is 1. The van der Waals surface area contributed by atoms with Gasteiger partial charge in [-0.1, -0.05) is 25.5 Å². The van der Waals surface area contributed by atoms with Gasteiger partial charge in [-0.05, 0) is 56.6 Å². The molecule has 0 spiro atoms. The van der Waals surface area contributed by atoms with E-state index in [4.69, 9.17) is 0 Å². The third-order valence-corrected chi connectivity index (χ3v) is 8.79. The molecule has 0 saturated heterocycles. The number of ketones is 2. The number of aliphatic hydroxyl groups excluding tert-OH is 2. The molecular weight excluding hydrogens is 363 g/mol. The average molecular weight is 392 g/mol. The van der Waals surface area contributed by atoms with Crippen LogP contribution in [0.1, 0.15) is 46.5 Å². The Bertz CT molecular complexity index is 805. The minimum absolute atomic E-state index is 0.0676. The van der Waals surface area contributed by atoms with Gasteiger partial charge in [0.15, 0.2) is 17.2 Å². The van der Waals surface area contributed by atoms with Gasteiger partial charge in [-0.15, -0.1) is 0 Å². The smallest absolute Gasteiger partial charge is 0.190 e. The molecule has 3 saturated carbocycles. The van der Waals surface area contributed by atoms with Crippen LogP contribution in [0.5, 0.6) is 0 Å². The molecule has 0 bridgehead atoms. The fourth-order valence-electron chi connectivity index (χ4n) is 7.26. The van der Waals surface area contributed by atoms with Crippen molar-refractivity contribution in [1.82, 2.24) is 0 Å². The predicted molar refractivity (Wildman–Crippen MR) is 99.9 cm³/mol. The first-order chi connectivity index (χ1) is 13.0. The summed E-state index contributed by atoms with van der Waals surface area (Å²) in [4.78, 5) is 24.4. The maximum Gasteiger partial charge on any atom is 0.190 e. The van der Waals surface area contributed by atoms with Gasteiger partial charge < -0.3 is 15.3 Å². The Morgan fingerprint density at radius 3 is 2.64 bits per heavy atom. The summed E-state index contributed by atoms with van der Waals surface area (Å²) in [5.41, 5.74) is -5.17. The van der Waals surface area contributed by atoms with Crippen LogP contribution in [-0.4, -0.2) is 50.9 Å². The number of hydrogen-bond acceptors (Lipinski definition) is 5. The summed E-state index contributed by atoms with van der Waals surface area (Å²) in [5, 5.41) is 32.0. The van der Waals surface area contributed by atoms with Crippen molar-refractivity contribution < 1.29 is 29.3 Å². The Morgan fingerprint density at radius 2 is 2.00 bits per heavy atom. The van der Waals surface area contributed by atoms with E-state index in [1.807, 2.05) is 0 Å². The van der Waals surface area contributed by atoms with Crippen LogP contribution in [0, 0.1) is 28.6 Å². The number of carbonyl (C=O) groups excluding carboxylic acids is 2. The Kier molecular flexibility index (Phi) is 4.15. The summed E-state index contributed by atoms with van der Waals surface area (Å²) >= 11 is 0. The lowest BCUT2D eigenvalue weighted by molar-refractivity contribution is -0.219. The first-order valence-corrected chi connectivity index (χ1v) is 10.1. The molecule has 0 aromatic heterocycles. The number of rotatable bonds is 2. The fourth-order valence-corrected chi connectivity index (χ4v) is 7.26. The number of carbonyl (C=O) groups is 2. The van der Waals surface area contributed by atoms with Gasteiger partial charge in [0, 0.05) is 16.7 Å². The molecule has 3 fully saturated rings. The molecular formula is C22H29FO5. The first kappa shape index (κ1) is 19.9. The second-order valence-corrected chi connectivity index (χ2v) is 9.75. The maximum absolute atomic E-state index is 16.9. The van der Waals surface area contributed by atoms with Gasteiger partial charge >= 0.3 is 0 Å². The summed E-state index contributed by atoms with van der Waals surface area (Å²) in [6, 6.07) is 0. The Hall–Kier alpha value is -1.37. The van der Waals surface area contributed by atoms with Crippen molar-refractivity contribution >= 4 is 11.6 Å². The van der Waals surface area contributed by atoms with Gasteiger partial charge in [0.05, 0.1) is 6.10 Å². The largest absolute Gasteiger partial charge is 0.390 e. The van der Waals surface area contributed by atoms with Crippen LogP contribution in [0.25, 0.3) is 0 Å². The predicted octanol–water partition coefficient (Wildman–Crippen LogP) is 1.90. The lowest BCUT2D eigenvalue weighted by atomic mass is 9.44. The molecule has 0 aliphatic heterocycles. The summed E-state index contributed by atoms with van der Waals surface area (Å²) in [5.74, 6) is -2.12. The second kappa shape index (κ2) is 5.83. The molecule has 4 aliphatic carbocycles. The third kappa shape index (κ3) is 2.01. The zero-order valence-corrected chi connectivity index (χ0v) is 16.6. The SMILES string of the molecule is C[C@@H]1C[C@H]2[C@@H]3CCC4=CC(=O)C=C[C@]4(C)[C@]3(F)[C@H](O)C[C@]2(C)[C@]1(O)C(=O)CO. The summed E-state index contributed by atoms with van der Waals surface area (Å²) in [6.45, 7) is 4.48. The van der Waals surface area contributed by atoms with E-state index in [-0.39, 0.29) is 18.1 Å². The molecule has 28 heavy (non-hydrogen) atoms. The van der Waals surface area contributed by atoms with E-state index < -0.39 is 52.4 Å². The lowest BCUT2D eigenvalue weighted by Crippen LogP contribution is -2.69. The number of fused-ring (bicyclic) bond motifs is 5. The van der Waals surface area contributed by atoms with E-state index in [0.29, 0.717) is 24.8 Å². The number of aliphatic hydroxyl groups is 3. The van der Waals surface area contributed by atoms with E-state index in [0.717, 1.165) is 0 Å². The van der Waals surface area contributed by atoms with Crippen LogP contribution in [0.3, 0.4) is 0 Å². The van der Waals surface area contributed by atoms with Gasteiger partial charge in [0.1, 0.15) is 12.2 Å². The van der Waals surface area contributed by atoms with Crippen LogP contribution < -0.4 is 0 Å².